The van der Waals surface area contributed by atoms with Gasteiger partial charge in [-0.25, -0.2) is 9.97 Å². The maximum absolute atomic E-state index is 4.22. The van der Waals surface area contributed by atoms with E-state index in [1.54, 1.807) is 6.33 Å². The van der Waals surface area contributed by atoms with E-state index >= 15 is 0 Å². The summed E-state index contributed by atoms with van der Waals surface area (Å²) in [5.74, 6) is 0. The summed E-state index contributed by atoms with van der Waals surface area (Å²) in [7, 11) is 0. The van der Waals surface area contributed by atoms with E-state index in [9.17, 15) is 0 Å². The van der Waals surface area contributed by atoms with Crippen LogP contribution in [0.2, 0.25) is 0 Å². The van der Waals surface area contributed by atoms with Crippen molar-refractivity contribution >= 4 is 33.5 Å². The summed E-state index contributed by atoms with van der Waals surface area (Å²) in [4.78, 5) is 8.19. The minimum Gasteiger partial charge on any atom is -0.244 e. The minimum absolute atomic E-state index is 1.05. The number of aryl methyl sites for hydroxylation is 1. The van der Waals surface area contributed by atoms with Crippen molar-refractivity contribution in [3.05, 3.63) is 33.8 Å². The Bertz CT molecular complexity index is 426. The highest BCUT2D eigenvalue weighted by molar-refractivity contribution is 14.1. The van der Waals surface area contributed by atoms with Crippen molar-refractivity contribution in [2.24, 2.45) is 0 Å². The predicted octanol–water partition coefficient (Wildman–Crippen LogP) is 2.54. The molecule has 0 atom stereocenters. The van der Waals surface area contributed by atoms with Gasteiger partial charge in [-0.15, -0.1) is 0 Å². The molecule has 60 valence electrons. The van der Waals surface area contributed by atoms with Gasteiger partial charge in [-0.3, -0.25) is 0 Å². The van der Waals surface area contributed by atoms with Crippen LogP contribution in [0.15, 0.2) is 24.7 Å². The molecule has 2 rings (SSSR count). The quantitative estimate of drug-likeness (QED) is 0.687. The van der Waals surface area contributed by atoms with Crippen LogP contribution in [0.1, 0.15) is 5.56 Å². The van der Waals surface area contributed by atoms with E-state index in [0.717, 1.165) is 10.9 Å². The lowest BCUT2D eigenvalue weighted by Crippen LogP contribution is -1.87. The van der Waals surface area contributed by atoms with Crippen LogP contribution in [0.3, 0.4) is 0 Å². The molecule has 0 radical (unpaired) electrons. The number of hydrogen-bond donors (Lipinski definition) is 0. The number of halogens is 1. The van der Waals surface area contributed by atoms with Crippen molar-refractivity contribution in [2.75, 3.05) is 0 Å². The van der Waals surface area contributed by atoms with Gasteiger partial charge in [0.05, 0.1) is 5.52 Å². The first-order valence-electron chi connectivity index (χ1n) is 3.64. The van der Waals surface area contributed by atoms with Gasteiger partial charge in [0.1, 0.15) is 6.33 Å². The first-order valence-corrected chi connectivity index (χ1v) is 4.72. The van der Waals surface area contributed by atoms with Gasteiger partial charge in [-0.05, 0) is 35.1 Å². The molecule has 1 aromatic carbocycles. The average Bonchev–Trinajstić information content (AvgIpc) is 2.12. The zero-order chi connectivity index (χ0) is 8.55. The molecular weight excluding hydrogens is 263 g/mol. The molecule has 0 saturated carbocycles. The highest BCUT2D eigenvalue weighted by Crippen LogP contribution is 2.20. The SMILES string of the molecule is Cc1ccc2cncnc2c1I. The number of fused-ring (bicyclic) bond motifs is 1. The lowest BCUT2D eigenvalue weighted by atomic mass is 10.2. The Morgan fingerprint density at radius 1 is 1.33 bits per heavy atom. The Balaban J connectivity index is 2.91. The number of rotatable bonds is 0. The van der Waals surface area contributed by atoms with Crippen LogP contribution in [0, 0.1) is 10.5 Å². The van der Waals surface area contributed by atoms with Crippen LogP contribution in [0.4, 0.5) is 0 Å². The van der Waals surface area contributed by atoms with Crippen molar-refractivity contribution in [3.63, 3.8) is 0 Å². The molecule has 1 heterocycles. The van der Waals surface area contributed by atoms with Gasteiger partial charge in [0.15, 0.2) is 0 Å². The summed E-state index contributed by atoms with van der Waals surface area (Å²) in [6.45, 7) is 2.09. The molecule has 2 aromatic rings. The largest absolute Gasteiger partial charge is 0.244 e. The summed E-state index contributed by atoms with van der Waals surface area (Å²) in [6, 6.07) is 4.14. The van der Waals surface area contributed by atoms with Gasteiger partial charge in [-0.2, -0.15) is 0 Å². The lowest BCUT2D eigenvalue weighted by Gasteiger charge is -2.00. The van der Waals surface area contributed by atoms with Gasteiger partial charge in [0, 0.05) is 15.2 Å². The Kier molecular flexibility index (Phi) is 1.96. The summed E-state index contributed by atoms with van der Waals surface area (Å²) < 4.78 is 1.22. The molecule has 0 aliphatic rings. The van der Waals surface area contributed by atoms with Crippen molar-refractivity contribution in [1.29, 1.82) is 0 Å². The Morgan fingerprint density at radius 3 is 3.00 bits per heavy atom. The van der Waals surface area contributed by atoms with Crippen molar-refractivity contribution in [2.45, 2.75) is 6.92 Å². The summed E-state index contributed by atoms with van der Waals surface area (Å²) in [5, 5.41) is 1.10. The molecule has 0 fully saturated rings. The highest BCUT2D eigenvalue weighted by Gasteiger charge is 2.01. The minimum atomic E-state index is 1.05. The third-order valence-electron chi connectivity index (χ3n) is 1.81. The molecule has 0 spiro atoms. The molecule has 0 aliphatic heterocycles. The number of nitrogens with zero attached hydrogens (tertiary/aromatic N) is 2. The second-order valence-electron chi connectivity index (χ2n) is 2.66. The number of hydrogen-bond acceptors (Lipinski definition) is 2. The fourth-order valence-corrected chi connectivity index (χ4v) is 1.75. The molecule has 0 saturated heterocycles. The molecule has 2 nitrogen and oxygen atoms in total. The molecule has 0 aliphatic carbocycles. The lowest BCUT2D eigenvalue weighted by molar-refractivity contribution is 1.21. The number of benzene rings is 1. The van der Waals surface area contributed by atoms with Crippen LogP contribution >= 0.6 is 22.6 Å². The Hall–Kier alpha value is -0.710. The summed E-state index contributed by atoms with van der Waals surface area (Å²) in [6.07, 6.45) is 3.42. The van der Waals surface area contributed by atoms with E-state index in [0.29, 0.717) is 0 Å². The van der Waals surface area contributed by atoms with E-state index in [-0.39, 0.29) is 0 Å². The topological polar surface area (TPSA) is 25.8 Å². The van der Waals surface area contributed by atoms with Crippen LogP contribution < -0.4 is 0 Å². The van der Waals surface area contributed by atoms with Crippen molar-refractivity contribution in [3.8, 4) is 0 Å². The van der Waals surface area contributed by atoms with Crippen molar-refractivity contribution < 1.29 is 0 Å². The second-order valence-corrected chi connectivity index (χ2v) is 3.74. The zero-order valence-electron chi connectivity index (χ0n) is 6.58. The van der Waals surface area contributed by atoms with E-state index in [1.807, 2.05) is 12.3 Å². The molecule has 3 heteroatoms. The fraction of sp³-hybridized carbons (Fsp3) is 0.111. The van der Waals surface area contributed by atoms with Crippen LogP contribution in [0.5, 0.6) is 0 Å². The predicted molar refractivity (Wildman–Crippen MR) is 57.0 cm³/mol. The van der Waals surface area contributed by atoms with E-state index in [2.05, 4.69) is 45.5 Å². The van der Waals surface area contributed by atoms with E-state index in [4.69, 9.17) is 0 Å². The normalized spacial score (nSPS) is 10.5. The first kappa shape index (κ1) is 7.91. The Morgan fingerprint density at radius 2 is 2.17 bits per heavy atom. The maximum atomic E-state index is 4.22. The molecule has 0 N–H and O–H groups in total. The summed E-state index contributed by atoms with van der Waals surface area (Å²) >= 11 is 2.31. The van der Waals surface area contributed by atoms with Crippen LogP contribution in [-0.2, 0) is 0 Å². The van der Waals surface area contributed by atoms with Gasteiger partial charge < -0.3 is 0 Å². The Labute approximate surface area is 84.2 Å². The highest BCUT2D eigenvalue weighted by atomic mass is 127. The molecule has 0 unspecified atom stereocenters. The molecular formula is C9H7IN2. The maximum Gasteiger partial charge on any atom is 0.116 e. The smallest absolute Gasteiger partial charge is 0.116 e. The number of aromatic nitrogens is 2. The molecule has 12 heavy (non-hydrogen) atoms. The standard InChI is InChI=1S/C9H7IN2/c1-6-2-3-7-4-11-5-12-9(7)8(6)10/h2-5H,1H3. The average molecular weight is 270 g/mol. The second kappa shape index (κ2) is 2.97. The van der Waals surface area contributed by atoms with Crippen molar-refractivity contribution in [1.82, 2.24) is 9.97 Å². The zero-order valence-corrected chi connectivity index (χ0v) is 8.74. The molecule has 0 amide bonds. The monoisotopic (exact) mass is 270 g/mol. The van der Waals surface area contributed by atoms with E-state index in [1.165, 1.54) is 9.13 Å². The fourth-order valence-electron chi connectivity index (χ4n) is 1.12. The third kappa shape index (κ3) is 1.18. The summed E-state index contributed by atoms with van der Waals surface area (Å²) in [5.41, 5.74) is 2.31. The van der Waals surface area contributed by atoms with Gasteiger partial charge >= 0.3 is 0 Å². The third-order valence-corrected chi connectivity index (χ3v) is 3.17. The molecule has 1 aromatic heterocycles. The van der Waals surface area contributed by atoms with Crippen LogP contribution in [0.25, 0.3) is 10.9 Å². The molecule has 0 bridgehead atoms. The van der Waals surface area contributed by atoms with Gasteiger partial charge in [0.25, 0.3) is 0 Å². The van der Waals surface area contributed by atoms with Gasteiger partial charge in [-0.1, -0.05) is 12.1 Å². The van der Waals surface area contributed by atoms with Crippen LogP contribution in [-0.4, -0.2) is 9.97 Å². The van der Waals surface area contributed by atoms with Gasteiger partial charge in [0.2, 0.25) is 0 Å². The van der Waals surface area contributed by atoms with E-state index < -0.39 is 0 Å². The first-order chi connectivity index (χ1) is 5.79.